The number of nitriles is 1. The van der Waals surface area contributed by atoms with E-state index in [0.717, 1.165) is 25.9 Å². The summed E-state index contributed by atoms with van der Waals surface area (Å²) in [6.07, 6.45) is 2.44. The molecule has 1 aliphatic rings. The summed E-state index contributed by atoms with van der Waals surface area (Å²) in [5, 5.41) is 11.4. The number of hydrogen-bond acceptors (Lipinski definition) is 4. The lowest BCUT2D eigenvalue weighted by Crippen LogP contribution is -2.54. The first-order valence-electron chi connectivity index (χ1n) is 6.64. The van der Waals surface area contributed by atoms with Crippen molar-refractivity contribution in [1.29, 1.82) is 5.26 Å². The molecule has 0 spiro atoms. The fraction of sp³-hybridized carbons (Fsp3) is 0.846. The first-order valence-corrected chi connectivity index (χ1v) is 6.64. The van der Waals surface area contributed by atoms with Crippen LogP contribution in [-0.2, 0) is 9.53 Å². The van der Waals surface area contributed by atoms with Gasteiger partial charge < -0.3 is 10.1 Å². The molecular formula is C13H23N3O2. The van der Waals surface area contributed by atoms with Crippen LogP contribution in [0, 0.1) is 11.3 Å². The molecule has 1 rings (SSSR count). The molecule has 0 saturated carbocycles. The lowest BCUT2D eigenvalue weighted by Gasteiger charge is -2.34. The average Bonchev–Trinajstić information content (AvgIpc) is 2.34. The summed E-state index contributed by atoms with van der Waals surface area (Å²) in [5.41, 5.74) is 0. The quantitative estimate of drug-likeness (QED) is 0.714. The molecule has 0 aromatic heterocycles. The molecule has 0 aromatic rings. The lowest BCUT2D eigenvalue weighted by molar-refractivity contribution is -0.133. The molecule has 1 fully saturated rings. The number of amides is 1. The van der Waals surface area contributed by atoms with Crippen LogP contribution in [0.4, 0.5) is 0 Å². The average molecular weight is 253 g/mol. The molecule has 1 atom stereocenters. The van der Waals surface area contributed by atoms with E-state index in [4.69, 9.17) is 10.00 Å². The molecule has 1 amide bonds. The normalized spacial score (nSPS) is 20.7. The maximum atomic E-state index is 12.0. The molecule has 1 N–H and O–H groups in total. The second-order valence-corrected chi connectivity index (χ2v) is 4.91. The van der Waals surface area contributed by atoms with Gasteiger partial charge in [-0.1, -0.05) is 0 Å². The summed E-state index contributed by atoms with van der Waals surface area (Å²) in [6, 6.07) is 2.12. The van der Waals surface area contributed by atoms with Crippen LogP contribution in [0.1, 0.15) is 33.1 Å². The van der Waals surface area contributed by atoms with Crippen molar-refractivity contribution in [2.24, 2.45) is 0 Å². The highest BCUT2D eigenvalue weighted by Crippen LogP contribution is 2.09. The molecule has 1 heterocycles. The zero-order chi connectivity index (χ0) is 13.4. The van der Waals surface area contributed by atoms with E-state index >= 15 is 0 Å². The molecule has 1 saturated heterocycles. The Hall–Kier alpha value is -1.12. The Morgan fingerprint density at radius 3 is 3.00 bits per heavy atom. The maximum Gasteiger partial charge on any atom is 0.239 e. The van der Waals surface area contributed by atoms with E-state index in [1.165, 1.54) is 0 Å². The van der Waals surface area contributed by atoms with Gasteiger partial charge in [-0.25, -0.2) is 0 Å². The molecule has 5 nitrogen and oxygen atoms in total. The van der Waals surface area contributed by atoms with E-state index in [0.29, 0.717) is 19.6 Å². The van der Waals surface area contributed by atoms with Gasteiger partial charge in [0.1, 0.15) is 6.04 Å². The smallest absolute Gasteiger partial charge is 0.239 e. The van der Waals surface area contributed by atoms with Gasteiger partial charge in [-0.15, -0.1) is 0 Å². The van der Waals surface area contributed by atoms with Gasteiger partial charge in [0.15, 0.2) is 0 Å². The number of carbonyl (C=O) groups is 1. The standard InChI is InChI=1S/C13H23N3O2/c1-11(2)15-13(17)12-10-18-9-8-16(12)7-5-3-4-6-14/h11-12H,3-5,7-10H2,1-2H3,(H,15,17). The van der Waals surface area contributed by atoms with Gasteiger partial charge in [-0.3, -0.25) is 9.69 Å². The van der Waals surface area contributed by atoms with Gasteiger partial charge in [0.2, 0.25) is 5.91 Å². The van der Waals surface area contributed by atoms with Crippen molar-refractivity contribution < 1.29 is 9.53 Å². The minimum Gasteiger partial charge on any atom is -0.378 e. The Balaban J connectivity index is 2.41. The minimum absolute atomic E-state index is 0.0463. The fourth-order valence-corrected chi connectivity index (χ4v) is 2.05. The predicted molar refractivity (Wildman–Crippen MR) is 68.9 cm³/mol. The molecule has 0 radical (unpaired) electrons. The summed E-state index contributed by atoms with van der Waals surface area (Å²) in [4.78, 5) is 14.2. The van der Waals surface area contributed by atoms with Gasteiger partial charge in [0, 0.05) is 19.0 Å². The first kappa shape index (κ1) is 14.9. The molecule has 1 aliphatic heterocycles. The van der Waals surface area contributed by atoms with Crippen molar-refractivity contribution in [2.75, 3.05) is 26.3 Å². The maximum absolute atomic E-state index is 12.0. The Kier molecular flexibility index (Phi) is 6.69. The predicted octanol–water partition coefficient (Wildman–Crippen LogP) is 0.906. The lowest BCUT2D eigenvalue weighted by atomic mass is 10.1. The fourth-order valence-electron chi connectivity index (χ4n) is 2.05. The molecule has 0 aliphatic carbocycles. The van der Waals surface area contributed by atoms with Crippen molar-refractivity contribution in [2.45, 2.75) is 45.2 Å². The van der Waals surface area contributed by atoms with Gasteiger partial charge in [-0.2, -0.15) is 5.26 Å². The number of rotatable bonds is 6. The molecule has 18 heavy (non-hydrogen) atoms. The zero-order valence-electron chi connectivity index (χ0n) is 11.3. The van der Waals surface area contributed by atoms with E-state index in [9.17, 15) is 4.79 Å². The van der Waals surface area contributed by atoms with Crippen molar-refractivity contribution in [1.82, 2.24) is 10.2 Å². The largest absolute Gasteiger partial charge is 0.378 e. The van der Waals surface area contributed by atoms with Gasteiger partial charge in [-0.05, 0) is 33.2 Å². The summed E-state index contributed by atoms with van der Waals surface area (Å²) in [6.45, 7) is 6.72. The van der Waals surface area contributed by atoms with Crippen molar-refractivity contribution >= 4 is 5.91 Å². The van der Waals surface area contributed by atoms with Crippen LogP contribution in [0.5, 0.6) is 0 Å². The molecular weight excluding hydrogens is 230 g/mol. The van der Waals surface area contributed by atoms with Crippen molar-refractivity contribution in [3.05, 3.63) is 0 Å². The number of unbranched alkanes of at least 4 members (excludes halogenated alkanes) is 2. The summed E-state index contributed by atoms with van der Waals surface area (Å²) < 4.78 is 5.39. The van der Waals surface area contributed by atoms with Crippen molar-refractivity contribution in [3.8, 4) is 6.07 Å². The third-order valence-electron chi connectivity index (χ3n) is 2.96. The highest BCUT2D eigenvalue weighted by atomic mass is 16.5. The second kappa shape index (κ2) is 8.06. The topological polar surface area (TPSA) is 65.4 Å². The number of nitrogens with zero attached hydrogens (tertiary/aromatic N) is 2. The third-order valence-corrected chi connectivity index (χ3v) is 2.96. The highest BCUT2D eigenvalue weighted by Gasteiger charge is 2.28. The number of hydrogen-bond donors (Lipinski definition) is 1. The van der Waals surface area contributed by atoms with Crippen LogP contribution in [0.3, 0.4) is 0 Å². The van der Waals surface area contributed by atoms with Gasteiger partial charge >= 0.3 is 0 Å². The van der Waals surface area contributed by atoms with Crippen LogP contribution in [0.2, 0.25) is 0 Å². The van der Waals surface area contributed by atoms with E-state index in [1.807, 2.05) is 13.8 Å². The highest BCUT2D eigenvalue weighted by molar-refractivity contribution is 5.82. The third kappa shape index (κ3) is 5.03. The summed E-state index contributed by atoms with van der Waals surface area (Å²) >= 11 is 0. The Bertz CT molecular complexity index is 299. The van der Waals surface area contributed by atoms with E-state index in [2.05, 4.69) is 16.3 Å². The minimum atomic E-state index is -0.178. The zero-order valence-corrected chi connectivity index (χ0v) is 11.3. The van der Waals surface area contributed by atoms with Crippen LogP contribution in [-0.4, -0.2) is 49.2 Å². The van der Waals surface area contributed by atoms with Gasteiger partial charge in [0.25, 0.3) is 0 Å². The number of nitrogens with one attached hydrogen (secondary N) is 1. The summed E-state index contributed by atoms with van der Waals surface area (Å²) in [5.74, 6) is 0.0463. The van der Waals surface area contributed by atoms with Crippen molar-refractivity contribution in [3.63, 3.8) is 0 Å². The summed E-state index contributed by atoms with van der Waals surface area (Å²) in [7, 11) is 0. The first-order chi connectivity index (χ1) is 8.65. The van der Waals surface area contributed by atoms with Crippen LogP contribution >= 0.6 is 0 Å². The van der Waals surface area contributed by atoms with Crippen LogP contribution in [0.15, 0.2) is 0 Å². The molecule has 1 unspecified atom stereocenters. The number of morpholine rings is 1. The Morgan fingerprint density at radius 1 is 1.56 bits per heavy atom. The Morgan fingerprint density at radius 2 is 2.33 bits per heavy atom. The van der Waals surface area contributed by atoms with Crippen LogP contribution in [0.25, 0.3) is 0 Å². The number of ether oxygens (including phenoxy) is 1. The second-order valence-electron chi connectivity index (χ2n) is 4.91. The Labute approximate surface area is 109 Å². The van der Waals surface area contributed by atoms with E-state index in [1.54, 1.807) is 0 Å². The monoisotopic (exact) mass is 253 g/mol. The molecule has 0 bridgehead atoms. The van der Waals surface area contributed by atoms with Gasteiger partial charge in [0.05, 0.1) is 19.3 Å². The van der Waals surface area contributed by atoms with E-state index < -0.39 is 0 Å². The SMILES string of the molecule is CC(C)NC(=O)C1COCCN1CCCCC#N. The number of carbonyl (C=O) groups excluding carboxylic acids is 1. The van der Waals surface area contributed by atoms with E-state index in [-0.39, 0.29) is 18.0 Å². The van der Waals surface area contributed by atoms with Crippen LogP contribution < -0.4 is 5.32 Å². The molecule has 5 heteroatoms. The molecule has 102 valence electrons. The molecule has 0 aromatic carbocycles.